The molecule has 0 amide bonds. The first-order chi connectivity index (χ1) is 13.1. The number of methoxy groups -OCH3 is 1. The number of aliphatic imine (C=N–C) groups is 1. The Balaban J connectivity index is 0.00000392. The molecule has 2 rings (SSSR count). The zero-order valence-corrected chi connectivity index (χ0v) is 20.1. The van der Waals surface area contributed by atoms with Crippen LogP contribution in [0.15, 0.2) is 29.3 Å². The average Bonchev–Trinajstić information content (AvgIpc) is 3.13. The Morgan fingerprint density at radius 3 is 2.86 bits per heavy atom. The molecule has 0 aliphatic carbocycles. The molecule has 0 saturated carbocycles. The Bertz CT molecular complexity index is 592. The van der Waals surface area contributed by atoms with Gasteiger partial charge >= 0.3 is 0 Å². The minimum atomic E-state index is -0.0608. The van der Waals surface area contributed by atoms with Crippen molar-refractivity contribution < 1.29 is 14.2 Å². The standard InChI is InChI=1S/C20H32ClN3O3.HI/c1-4-22-20(24-10-9-17(14-24)15-26-12-11-25-3)23-13-16(2)27-19-8-6-5-7-18(19)21;/h5-8,16-17H,4,9-15H2,1-3H3,(H,22,23);1H. The molecule has 1 aromatic rings. The van der Waals surface area contributed by atoms with E-state index in [9.17, 15) is 0 Å². The van der Waals surface area contributed by atoms with Crippen LogP contribution in [0.2, 0.25) is 5.02 Å². The Labute approximate surface area is 191 Å². The van der Waals surface area contributed by atoms with E-state index in [2.05, 4.69) is 17.1 Å². The Morgan fingerprint density at radius 1 is 1.36 bits per heavy atom. The van der Waals surface area contributed by atoms with Crippen LogP contribution in [0.3, 0.4) is 0 Å². The van der Waals surface area contributed by atoms with E-state index < -0.39 is 0 Å². The molecule has 1 aliphatic heterocycles. The van der Waals surface area contributed by atoms with E-state index in [1.807, 2.05) is 31.2 Å². The zero-order chi connectivity index (χ0) is 19.5. The highest BCUT2D eigenvalue weighted by molar-refractivity contribution is 14.0. The number of hydrogen-bond acceptors (Lipinski definition) is 4. The fourth-order valence-corrected chi connectivity index (χ4v) is 3.17. The molecule has 2 unspecified atom stereocenters. The first kappa shape index (κ1) is 25.3. The average molecular weight is 526 g/mol. The number of nitrogens with one attached hydrogen (secondary N) is 1. The van der Waals surface area contributed by atoms with Crippen molar-refractivity contribution in [1.82, 2.24) is 10.2 Å². The third-order valence-electron chi connectivity index (χ3n) is 4.37. The quantitative estimate of drug-likeness (QED) is 0.219. The van der Waals surface area contributed by atoms with E-state index in [0.717, 1.165) is 38.6 Å². The Morgan fingerprint density at radius 2 is 2.14 bits per heavy atom. The fraction of sp³-hybridized carbons (Fsp3) is 0.650. The molecule has 1 fully saturated rings. The second kappa shape index (κ2) is 14.3. The van der Waals surface area contributed by atoms with Gasteiger partial charge in [-0.15, -0.1) is 24.0 Å². The summed E-state index contributed by atoms with van der Waals surface area (Å²) < 4.78 is 16.6. The van der Waals surface area contributed by atoms with E-state index in [-0.39, 0.29) is 30.1 Å². The molecule has 2 atom stereocenters. The van der Waals surface area contributed by atoms with Gasteiger partial charge in [0.15, 0.2) is 5.96 Å². The van der Waals surface area contributed by atoms with Gasteiger partial charge in [0.2, 0.25) is 0 Å². The predicted octanol–water partition coefficient (Wildman–Crippen LogP) is 3.68. The lowest BCUT2D eigenvalue weighted by atomic mass is 10.1. The summed E-state index contributed by atoms with van der Waals surface area (Å²) in [5.74, 6) is 2.16. The second-order valence-electron chi connectivity index (χ2n) is 6.72. The Kier molecular flexibility index (Phi) is 12.9. The van der Waals surface area contributed by atoms with Crippen molar-refractivity contribution in [1.29, 1.82) is 0 Å². The van der Waals surface area contributed by atoms with E-state index in [0.29, 0.717) is 36.4 Å². The number of halogens is 2. The second-order valence-corrected chi connectivity index (χ2v) is 7.13. The van der Waals surface area contributed by atoms with E-state index in [4.69, 9.17) is 30.8 Å². The van der Waals surface area contributed by atoms with Gasteiger partial charge in [0.05, 0.1) is 31.4 Å². The molecule has 1 N–H and O–H groups in total. The van der Waals surface area contributed by atoms with Crippen molar-refractivity contribution in [2.45, 2.75) is 26.4 Å². The van der Waals surface area contributed by atoms with Crippen molar-refractivity contribution in [2.24, 2.45) is 10.9 Å². The monoisotopic (exact) mass is 525 g/mol. The molecule has 28 heavy (non-hydrogen) atoms. The number of rotatable bonds is 10. The molecule has 160 valence electrons. The first-order valence-corrected chi connectivity index (χ1v) is 10.0. The number of para-hydroxylation sites is 1. The highest BCUT2D eigenvalue weighted by atomic mass is 127. The maximum absolute atomic E-state index is 6.16. The molecule has 0 spiro atoms. The number of ether oxygens (including phenoxy) is 3. The van der Waals surface area contributed by atoms with Crippen LogP contribution in [-0.4, -0.2) is 70.1 Å². The largest absolute Gasteiger partial charge is 0.487 e. The third-order valence-corrected chi connectivity index (χ3v) is 4.68. The SMILES string of the molecule is CCNC(=NCC(C)Oc1ccccc1Cl)N1CCC(COCCOC)C1.I. The Hall–Kier alpha value is -0.770. The summed E-state index contributed by atoms with van der Waals surface area (Å²) in [6, 6.07) is 7.52. The highest BCUT2D eigenvalue weighted by Gasteiger charge is 2.25. The van der Waals surface area contributed by atoms with Crippen LogP contribution in [0, 0.1) is 5.92 Å². The van der Waals surface area contributed by atoms with Crippen LogP contribution in [0.4, 0.5) is 0 Å². The lowest BCUT2D eigenvalue weighted by molar-refractivity contribution is 0.0536. The van der Waals surface area contributed by atoms with Crippen molar-refractivity contribution >= 4 is 41.5 Å². The molecule has 1 aromatic carbocycles. The lowest BCUT2D eigenvalue weighted by Crippen LogP contribution is -2.41. The number of hydrogen-bond donors (Lipinski definition) is 1. The molecule has 6 nitrogen and oxygen atoms in total. The molecule has 0 aromatic heterocycles. The molecule has 8 heteroatoms. The van der Waals surface area contributed by atoms with Crippen LogP contribution in [0.5, 0.6) is 5.75 Å². The van der Waals surface area contributed by atoms with E-state index in [1.165, 1.54) is 0 Å². The van der Waals surface area contributed by atoms with Gasteiger partial charge < -0.3 is 24.4 Å². The summed E-state index contributed by atoms with van der Waals surface area (Å²) in [5.41, 5.74) is 0. The first-order valence-electron chi connectivity index (χ1n) is 9.65. The van der Waals surface area contributed by atoms with Gasteiger partial charge in [0.1, 0.15) is 11.9 Å². The fourth-order valence-electron chi connectivity index (χ4n) is 2.99. The lowest BCUT2D eigenvalue weighted by Gasteiger charge is -2.22. The van der Waals surface area contributed by atoms with Crippen molar-refractivity contribution in [3.63, 3.8) is 0 Å². The number of guanidine groups is 1. The minimum Gasteiger partial charge on any atom is -0.487 e. The van der Waals surface area contributed by atoms with Crippen molar-refractivity contribution in [3.05, 3.63) is 29.3 Å². The predicted molar refractivity (Wildman–Crippen MR) is 125 cm³/mol. The molecule has 0 radical (unpaired) electrons. The molecule has 1 heterocycles. The topological polar surface area (TPSA) is 55.3 Å². The van der Waals surface area contributed by atoms with Gasteiger partial charge in [-0.3, -0.25) is 0 Å². The van der Waals surface area contributed by atoms with Crippen LogP contribution < -0.4 is 10.1 Å². The van der Waals surface area contributed by atoms with Gasteiger partial charge in [-0.05, 0) is 32.4 Å². The van der Waals surface area contributed by atoms with Crippen LogP contribution in [0.25, 0.3) is 0 Å². The minimum absolute atomic E-state index is 0. The van der Waals surface area contributed by atoms with Crippen LogP contribution in [0.1, 0.15) is 20.3 Å². The molecule has 0 bridgehead atoms. The smallest absolute Gasteiger partial charge is 0.194 e. The van der Waals surface area contributed by atoms with Gasteiger partial charge in [-0.2, -0.15) is 0 Å². The van der Waals surface area contributed by atoms with Gasteiger partial charge in [-0.1, -0.05) is 23.7 Å². The van der Waals surface area contributed by atoms with Crippen LogP contribution >= 0.6 is 35.6 Å². The number of likely N-dealkylation sites (tertiary alicyclic amines) is 1. The number of benzene rings is 1. The summed E-state index contributed by atoms with van der Waals surface area (Å²) in [5, 5.41) is 4.01. The van der Waals surface area contributed by atoms with Gasteiger partial charge in [-0.25, -0.2) is 4.99 Å². The maximum Gasteiger partial charge on any atom is 0.194 e. The molecular weight excluding hydrogens is 493 g/mol. The van der Waals surface area contributed by atoms with Gasteiger partial charge in [0.25, 0.3) is 0 Å². The summed E-state index contributed by atoms with van der Waals surface area (Å²) in [6.07, 6.45) is 1.05. The summed E-state index contributed by atoms with van der Waals surface area (Å²) in [4.78, 5) is 7.07. The maximum atomic E-state index is 6.16. The molecule has 1 saturated heterocycles. The van der Waals surface area contributed by atoms with Gasteiger partial charge in [0, 0.05) is 32.7 Å². The van der Waals surface area contributed by atoms with E-state index >= 15 is 0 Å². The van der Waals surface area contributed by atoms with Crippen molar-refractivity contribution in [3.8, 4) is 5.75 Å². The summed E-state index contributed by atoms with van der Waals surface area (Å²) in [6.45, 7) is 9.51. The molecule has 1 aliphatic rings. The van der Waals surface area contributed by atoms with E-state index in [1.54, 1.807) is 7.11 Å². The van der Waals surface area contributed by atoms with Crippen molar-refractivity contribution in [2.75, 3.05) is 53.1 Å². The highest BCUT2D eigenvalue weighted by Crippen LogP contribution is 2.24. The summed E-state index contributed by atoms with van der Waals surface area (Å²) >= 11 is 6.16. The van der Waals surface area contributed by atoms with Crippen LogP contribution in [-0.2, 0) is 9.47 Å². The number of nitrogens with zero attached hydrogens (tertiary/aromatic N) is 2. The zero-order valence-electron chi connectivity index (χ0n) is 17.0. The third kappa shape index (κ3) is 8.71. The normalized spacial score (nSPS) is 17.9. The summed E-state index contributed by atoms with van der Waals surface area (Å²) in [7, 11) is 1.69. The molecular formula is C20H33ClIN3O3.